The van der Waals surface area contributed by atoms with Gasteiger partial charge in [0, 0.05) is 37.7 Å². The van der Waals surface area contributed by atoms with Gasteiger partial charge in [0.25, 0.3) is 5.91 Å². The van der Waals surface area contributed by atoms with Gasteiger partial charge in [-0.2, -0.15) is 5.26 Å². The first-order valence-electron chi connectivity index (χ1n) is 11.3. The van der Waals surface area contributed by atoms with E-state index in [4.69, 9.17) is 9.47 Å². The number of likely N-dealkylation sites (tertiary alicyclic amines) is 1. The molecule has 172 valence electrons. The number of amides is 1. The molecule has 0 radical (unpaired) electrons. The Morgan fingerprint density at radius 3 is 2.71 bits per heavy atom. The van der Waals surface area contributed by atoms with Crippen LogP contribution in [0.4, 0.5) is 11.6 Å². The van der Waals surface area contributed by atoms with Crippen molar-refractivity contribution < 1.29 is 14.3 Å². The summed E-state index contributed by atoms with van der Waals surface area (Å²) in [4.78, 5) is 27.2. The maximum absolute atomic E-state index is 12.3. The number of carbonyl (C=O) groups is 1. The highest BCUT2D eigenvalue weighted by molar-refractivity contribution is 5.93. The Labute approximate surface area is 197 Å². The van der Waals surface area contributed by atoms with Gasteiger partial charge in [0.2, 0.25) is 5.95 Å². The molecular formula is C25H24N6O3. The number of nitriles is 1. The Kier molecular flexibility index (Phi) is 6.31. The molecule has 0 aliphatic carbocycles. The molecule has 5 rings (SSSR count). The maximum Gasteiger partial charge on any atom is 0.272 e. The molecule has 0 bridgehead atoms. The number of anilines is 2. The zero-order valence-electron chi connectivity index (χ0n) is 18.6. The number of pyridine rings is 1. The van der Waals surface area contributed by atoms with Crippen molar-refractivity contribution in [3.63, 3.8) is 0 Å². The average molecular weight is 457 g/mol. The molecule has 9 nitrogen and oxygen atoms in total. The molecule has 9 heteroatoms. The van der Waals surface area contributed by atoms with Crippen molar-refractivity contribution in [2.24, 2.45) is 0 Å². The summed E-state index contributed by atoms with van der Waals surface area (Å²) in [5, 5.41) is 12.8. The largest absolute Gasteiger partial charge is 0.489 e. The van der Waals surface area contributed by atoms with Gasteiger partial charge in [0.15, 0.2) is 0 Å². The third-order valence-corrected chi connectivity index (χ3v) is 5.90. The van der Waals surface area contributed by atoms with E-state index in [1.54, 1.807) is 41.6 Å². The van der Waals surface area contributed by atoms with Gasteiger partial charge < -0.3 is 19.7 Å². The van der Waals surface area contributed by atoms with E-state index < -0.39 is 0 Å². The Balaban J connectivity index is 1.29. The Hall–Kier alpha value is -4.03. The molecule has 2 saturated heterocycles. The number of benzene rings is 1. The number of nitrogens with zero attached hydrogens (tertiary/aromatic N) is 5. The van der Waals surface area contributed by atoms with E-state index in [1.165, 1.54) is 0 Å². The predicted octanol–water partition coefficient (Wildman–Crippen LogP) is 3.56. The third-order valence-electron chi connectivity index (χ3n) is 5.90. The third kappa shape index (κ3) is 4.82. The van der Waals surface area contributed by atoms with Crippen LogP contribution in [0.3, 0.4) is 0 Å². The van der Waals surface area contributed by atoms with E-state index in [0.29, 0.717) is 47.6 Å². The predicted molar refractivity (Wildman–Crippen MR) is 125 cm³/mol. The zero-order valence-corrected chi connectivity index (χ0v) is 18.6. The molecule has 3 aromatic rings. The first-order valence-corrected chi connectivity index (χ1v) is 11.3. The normalized spacial score (nSPS) is 15.8. The molecule has 1 N–H and O–H groups in total. The van der Waals surface area contributed by atoms with Crippen molar-refractivity contribution in [3.05, 3.63) is 60.0 Å². The lowest BCUT2D eigenvalue weighted by Gasteiger charge is -2.30. The van der Waals surface area contributed by atoms with E-state index in [1.807, 2.05) is 12.1 Å². The minimum Gasteiger partial charge on any atom is -0.489 e. The van der Waals surface area contributed by atoms with E-state index in [-0.39, 0.29) is 12.0 Å². The molecule has 2 aliphatic rings. The number of hydrogen-bond acceptors (Lipinski definition) is 8. The van der Waals surface area contributed by atoms with Crippen molar-refractivity contribution in [2.75, 3.05) is 31.6 Å². The number of aromatic nitrogens is 3. The van der Waals surface area contributed by atoms with Gasteiger partial charge in [-0.05, 0) is 42.8 Å². The minimum absolute atomic E-state index is 0.0476. The molecular weight excluding hydrogens is 432 g/mol. The maximum atomic E-state index is 12.3. The van der Waals surface area contributed by atoms with E-state index in [9.17, 15) is 10.1 Å². The zero-order chi connectivity index (χ0) is 23.3. The second-order valence-corrected chi connectivity index (χ2v) is 8.22. The lowest BCUT2D eigenvalue weighted by atomic mass is 10.1. The fraction of sp³-hybridized carbons (Fsp3) is 0.320. The van der Waals surface area contributed by atoms with Crippen LogP contribution in [0.15, 0.2) is 48.8 Å². The van der Waals surface area contributed by atoms with Crippen LogP contribution in [0.1, 0.15) is 35.3 Å². The second-order valence-electron chi connectivity index (χ2n) is 8.22. The summed E-state index contributed by atoms with van der Waals surface area (Å²) in [6.07, 6.45) is 5.98. The SMILES string of the molecule is N#Cc1cc(-c2ccnc(Nc3ccc(C(=O)N4CCC4)nc3)n2)ccc1OC1CCOCC1. The smallest absolute Gasteiger partial charge is 0.272 e. The fourth-order valence-corrected chi connectivity index (χ4v) is 3.84. The van der Waals surface area contributed by atoms with Gasteiger partial charge in [-0.25, -0.2) is 15.0 Å². The summed E-state index contributed by atoms with van der Waals surface area (Å²) in [5.74, 6) is 0.917. The van der Waals surface area contributed by atoms with Crippen LogP contribution in [0, 0.1) is 11.3 Å². The first-order chi connectivity index (χ1) is 16.7. The van der Waals surface area contributed by atoms with Crippen molar-refractivity contribution in [2.45, 2.75) is 25.4 Å². The topological polar surface area (TPSA) is 113 Å². The quantitative estimate of drug-likeness (QED) is 0.599. The Morgan fingerprint density at radius 1 is 1.15 bits per heavy atom. The number of hydrogen-bond donors (Lipinski definition) is 1. The summed E-state index contributed by atoms with van der Waals surface area (Å²) in [5.41, 5.74) is 3.02. The number of ether oxygens (including phenoxy) is 2. The van der Waals surface area contributed by atoms with Crippen molar-refractivity contribution in [3.8, 4) is 23.1 Å². The average Bonchev–Trinajstić information content (AvgIpc) is 2.84. The van der Waals surface area contributed by atoms with Crippen LogP contribution in [-0.2, 0) is 4.74 Å². The van der Waals surface area contributed by atoms with E-state index >= 15 is 0 Å². The highest BCUT2D eigenvalue weighted by atomic mass is 16.5. The molecule has 2 fully saturated rings. The molecule has 2 aromatic heterocycles. The monoisotopic (exact) mass is 456 g/mol. The van der Waals surface area contributed by atoms with E-state index in [2.05, 4.69) is 26.3 Å². The van der Waals surface area contributed by atoms with Crippen LogP contribution >= 0.6 is 0 Å². The number of nitrogens with one attached hydrogen (secondary N) is 1. The highest BCUT2D eigenvalue weighted by Crippen LogP contribution is 2.28. The Bertz CT molecular complexity index is 1210. The number of carbonyl (C=O) groups excluding carboxylic acids is 1. The first kappa shape index (κ1) is 21.8. The van der Waals surface area contributed by atoms with Crippen LogP contribution < -0.4 is 10.1 Å². The molecule has 4 heterocycles. The van der Waals surface area contributed by atoms with Crippen LogP contribution in [0.5, 0.6) is 5.75 Å². The van der Waals surface area contributed by atoms with Crippen LogP contribution in [0.25, 0.3) is 11.3 Å². The lowest BCUT2D eigenvalue weighted by Crippen LogP contribution is -2.42. The molecule has 0 unspecified atom stereocenters. The molecule has 0 spiro atoms. The minimum atomic E-state index is -0.0476. The molecule has 0 atom stereocenters. The summed E-state index contributed by atoms with van der Waals surface area (Å²) < 4.78 is 11.4. The van der Waals surface area contributed by atoms with Crippen molar-refractivity contribution in [1.29, 1.82) is 5.26 Å². The summed E-state index contributed by atoms with van der Waals surface area (Å²) in [7, 11) is 0. The fourth-order valence-electron chi connectivity index (χ4n) is 3.84. The second kappa shape index (κ2) is 9.85. The van der Waals surface area contributed by atoms with Crippen molar-refractivity contribution >= 4 is 17.5 Å². The summed E-state index contributed by atoms with van der Waals surface area (Å²) >= 11 is 0. The van der Waals surface area contributed by atoms with Crippen LogP contribution in [0.2, 0.25) is 0 Å². The molecule has 1 amide bonds. The van der Waals surface area contributed by atoms with Gasteiger partial charge in [0.05, 0.1) is 36.4 Å². The molecule has 0 saturated carbocycles. The lowest BCUT2D eigenvalue weighted by molar-refractivity contribution is 0.0254. The van der Waals surface area contributed by atoms with Crippen molar-refractivity contribution in [1.82, 2.24) is 19.9 Å². The highest BCUT2D eigenvalue weighted by Gasteiger charge is 2.22. The van der Waals surface area contributed by atoms with Gasteiger partial charge in [-0.3, -0.25) is 4.79 Å². The Morgan fingerprint density at radius 2 is 2.00 bits per heavy atom. The molecule has 34 heavy (non-hydrogen) atoms. The van der Waals surface area contributed by atoms with E-state index in [0.717, 1.165) is 37.9 Å². The standard InChI is InChI=1S/C25H24N6O3/c26-15-18-14-17(2-5-23(18)34-20-7-12-33-13-8-20)21-6-9-27-25(30-21)29-19-3-4-22(28-16-19)24(32)31-10-1-11-31/h2-6,9,14,16,20H,1,7-8,10-13H2,(H,27,29,30). The molecule has 1 aromatic carbocycles. The summed E-state index contributed by atoms with van der Waals surface area (Å²) in [6, 6.07) is 13.0. The van der Waals surface area contributed by atoms with Crippen LogP contribution in [-0.4, -0.2) is 58.2 Å². The molecule has 2 aliphatic heterocycles. The van der Waals surface area contributed by atoms with Gasteiger partial charge >= 0.3 is 0 Å². The van der Waals surface area contributed by atoms with Gasteiger partial charge in [0.1, 0.15) is 23.6 Å². The summed E-state index contributed by atoms with van der Waals surface area (Å²) in [6.45, 7) is 2.93. The van der Waals surface area contributed by atoms with Gasteiger partial charge in [-0.1, -0.05) is 0 Å². The van der Waals surface area contributed by atoms with Gasteiger partial charge in [-0.15, -0.1) is 0 Å². The number of rotatable bonds is 6.